The highest BCUT2D eigenvalue weighted by molar-refractivity contribution is 9.10. The van der Waals surface area contributed by atoms with Crippen molar-refractivity contribution >= 4 is 21.9 Å². The maximum absolute atomic E-state index is 14.8. The smallest absolute Gasteiger partial charge is 0.329 e. The van der Waals surface area contributed by atoms with Crippen LogP contribution < -0.4 is 5.73 Å². The molecule has 0 saturated heterocycles. The van der Waals surface area contributed by atoms with Gasteiger partial charge in [-0.3, -0.25) is 0 Å². The van der Waals surface area contributed by atoms with Crippen molar-refractivity contribution in [2.24, 2.45) is 5.73 Å². The van der Waals surface area contributed by atoms with Crippen molar-refractivity contribution < 1.29 is 32.2 Å². The fraction of sp³-hybridized carbons (Fsp3) is 0.500. The Morgan fingerprint density at radius 3 is 2.26 bits per heavy atom. The van der Waals surface area contributed by atoms with Gasteiger partial charge in [0.2, 0.25) is 0 Å². The van der Waals surface area contributed by atoms with E-state index in [1.807, 2.05) is 0 Å². The third-order valence-electron chi connectivity index (χ3n) is 3.53. The molecule has 1 atom stereocenters. The zero-order valence-electron chi connectivity index (χ0n) is 12.6. The van der Waals surface area contributed by atoms with E-state index in [0.29, 0.717) is 6.07 Å². The normalized spacial score (nSPS) is 15.3. The van der Waals surface area contributed by atoms with Gasteiger partial charge in [0.15, 0.2) is 0 Å². The predicted octanol–water partition coefficient (Wildman–Crippen LogP) is 3.42. The van der Waals surface area contributed by atoms with E-state index in [9.17, 15) is 22.4 Å². The van der Waals surface area contributed by atoms with Crippen LogP contribution in [0.3, 0.4) is 0 Å². The number of alkyl halides is 2. The number of nitrogens with two attached hydrogens (primary N) is 1. The standard InChI is InChI=1S/C14H16BrF4NO3/c1-12(2,23-6-11(21)22)14(18,19)13(3,20)7-4-8(15)10(17)5-9(7)16/h4-5H,6,20H2,1-3H3,(H,21,22). The highest BCUT2D eigenvalue weighted by Crippen LogP contribution is 2.45. The highest BCUT2D eigenvalue weighted by atomic mass is 79.9. The minimum atomic E-state index is -3.88. The van der Waals surface area contributed by atoms with Crippen LogP contribution in [0.5, 0.6) is 0 Å². The average Bonchev–Trinajstić information content (AvgIpc) is 2.40. The number of rotatable bonds is 6. The molecule has 1 unspecified atom stereocenters. The molecule has 9 heteroatoms. The first-order valence-corrected chi connectivity index (χ1v) is 7.21. The van der Waals surface area contributed by atoms with Gasteiger partial charge in [-0.2, -0.15) is 0 Å². The third-order valence-corrected chi connectivity index (χ3v) is 4.14. The lowest BCUT2D eigenvalue weighted by Crippen LogP contribution is -2.62. The summed E-state index contributed by atoms with van der Waals surface area (Å²) in [6.45, 7) is 1.77. The van der Waals surface area contributed by atoms with E-state index < -0.39 is 46.8 Å². The zero-order chi connectivity index (χ0) is 18.2. The molecule has 0 saturated carbocycles. The minimum absolute atomic E-state index is 0.231. The number of halogens is 5. The number of benzene rings is 1. The van der Waals surface area contributed by atoms with Crippen molar-refractivity contribution in [2.75, 3.05) is 6.61 Å². The molecule has 0 spiro atoms. The third kappa shape index (κ3) is 3.67. The Kier molecular flexibility index (Phi) is 5.50. The van der Waals surface area contributed by atoms with Crippen LogP contribution in [0.1, 0.15) is 26.3 Å². The number of carboxylic acids is 1. The summed E-state index contributed by atoms with van der Waals surface area (Å²) < 4.78 is 61.3. The largest absolute Gasteiger partial charge is 0.480 e. The predicted molar refractivity (Wildman–Crippen MR) is 78.2 cm³/mol. The Hall–Kier alpha value is -1.19. The van der Waals surface area contributed by atoms with E-state index in [1.165, 1.54) is 0 Å². The first kappa shape index (κ1) is 19.9. The van der Waals surface area contributed by atoms with Gasteiger partial charge in [0.1, 0.15) is 29.4 Å². The van der Waals surface area contributed by atoms with Crippen LogP contribution in [0.2, 0.25) is 0 Å². The summed E-state index contributed by atoms with van der Waals surface area (Å²) in [5.74, 6) is -7.53. The number of carbonyl (C=O) groups is 1. The number of hydrogen-bond donors (Lipinski definition) is 2. The SMILES string of the molecule is CC(C)(OCC(=O)O)C(F)(F)C(C)(N)c1cc(Br)c(F)cc1F. The fourth-order valence-electron chi connectivity index (χ4n) is 2.05. The summed E-state index contributed by atoms with van der Waals surface area (Å²) in [6, 6.07) is 1.26. The first-order valence-electron chi connectivity index (χ1n) is 6.41. The van der Waals surface area contributed by atoms with E-state index in [-0.39, 0.29) is 4.47 Å². The van der Waals surface area contributed by atoms with Crippen LogP contribution in [0, 0.1) is 11.6 Å². The number of carboxylic acid groups (broad SMARTS) is 1. The molecule has 0 aliphatic rings. The lowest BCUT2D eigenvalue weighted by Gasteiger charge is -2.43. The lowest BCUT2D eigenvalue weighted by atomic mass is 9.78. The zero-order valence-corrected chi connectivity index (χ0v) is 14.2. The molecule has 0 aliphatic heterocycles. The van der Waals surface area contributed by atoms with Gasteiger partial charge in [-0.05, 0) is 42.8 Å². The van der Waals surface area contributed by atoms with E-state index in [2.05, 4.69) is 15.9 Å². The minimum Gasteiger partial charge on any atom is -0.480 e. The van der Waals surface area contributed by atoms with E-state index >= 15 is 0 Å². The molecule has 0 amide bonds. The van der Waals surface area contributed by atoms with Gasteiger partial charge >= 0.3 is 5.97 Å². The quantitative estimate of drug-likeness (QED) is 0.565. The fourth-order valence-corrected chi connectivity index (χ4v) is 2.39. The maximum Gasteiger partial charge on any atom is 0.329 e. The van der Waals surface area contributed by atoms with E-state index in [1.54, 1.807) is 0 Å². The molecule has 1 aromatic rings. The van der Waals surface area contributed by atoms with Gasteiger partial charge in [-0.1, -0.05) is 0 Å². The van der Waals surface area contributed by atoms with Crippen LogP contribution in [0.15, 0.2) is 16.6 Å². The lowest BCUT2D eigenvalue weighted by molar-refractivity contribution is -0.227. The van der Waals surface area contributed by atoms with Crippen molar-refractivity contribution in [3.63, 3.8) is 0 Å². The molecular formula is C14H16BrF4NO3. The summed E-state index contributed by atoms with van der Waals surface area (Å²) in [6.07, 6.45) is 0. The molecule has 0 aromatic heterocycles. The second-order valence-electron chi connectivity index (χ2n) is 5.72. The summed E-state index contributed by atoms with van der Waals surface area (Å²) >= 11 is 2.79. The molecule has 0 radical (unpaired) electrons. The summed E-state index contributed by atoms with van der Waals surface area (Å²) in [5, 5.41) is 8.56. The topological polar surface area (TPSA) is 72.5 Å². The van der Waals surface area contributed by atoms with E-state index in [0.717, 1.165) is 26.8 Å². The van der Waals surface area contributed by atoms with Gasteiger partial charge in [-0.15, -0.1) is 0 Å². The van der Waals surface area contributed by atoms with Crippen molar-refractivity contribution in [2.45, 2.75) is 37.8 Å². The van der Waals surface area contributed by atoms with Crippen LogP contribution in [-0.2, 0) is 15.1 Å². The van der Waals surface area contributed by atoms with Crippen LogP contribution >= 0.6 is 15.9 Å². The first-order chi connectivity index (χ1) is 10.2. The molecule has 0 fully saturated rings. The molecular weight excluding hydrogens is 386 g/mol. The van der Waals surface area contributed by atoms with Crippen LogP contribution in [0.25, 0.3) is 0 Å². The molecule has 23 heavy (non-hydrogen) atoms. The van der Waals surface area contributed by atoms with Crippen molar-refractivity contribution in [1.82, 2.24) is 0 Å². The Bertz CT molecular complexity index is 620. The average molecular weight is 402 g/mol. The number of ether oxygens (including phenoxy) is 1. The van der Waals surface area contributed by atoms with Crippen LogP contribution in [0.4, 0.5) is 17.6 Å². The molecule has 0 aliphatic carbocycles. The maximum atomic E-state index is 14.8. The van der Waals surface area contributed by atoms with Crippen molar-refractivity contribution in [1.29, 1.82) is 0 Å². The Labute approximate surface area is 138 Å². The molecule has 3 N–H and O–H groups in total. The number of aliphatic carboxylic acids is 1. The molecule has 0 bridgehead atoms. The van der Waals surface area contributed by atoms with Gasteiger partial charge in [0.25, 0.3) is 5.92 Å². The summed E-state index contributed by atoms with van der Waals surface area (Å²) in [5.41, 5.74) is 0.126. The van der Waals surface area contributed by atoms with E-state index in [4.69, 9.17) is 15.6 Å². The summed E-state index contributed by atoms with van der Waals surface area (Å²) in [4.78, 5) is 10.5. The Morgan fingerprint density at radius 2 is 1.78 bits per heavy atom. The van der Waals surface area contributed by atoms with Crippen molar-refractivity contribution in [3.05, 3.63) is 33.8 Å². The van der Waals surface area contributed by atoms with Gasteiger partial charge in [0, 0.05) is 11.6 Å². The molecule has 0 heterocycles. The molecule has 4 nitrogen and oxygen atoms in total. The summed E-state index contributed by atoms with van der Waals surface area (Å²) in [7, 11) is 0. The Morgan fingerprint density at radius 1 is 1.26 bits per heavy atom. The second kappa shape index (κ2) is 6.37. The highest BCUT2D eigenvalue weighted by Gasteiger charge is 2.60. The van der Waals surface area contributed by atoms with Gasteiger partial charge in [-0.25, -0.2) is 22.4 Å². The molecule has 1 rings (SSSR count). The molecule has 130 valence electrons. The van der Waals surface area contributed by atoms with Gasteiger partial charge < -0.3 is 15.6 Å². The van der Waals surface area contributed by atoms with Crippen molar-refractivity contribution in [3.8, 4) is 0 Å². The molecule has 1 aromatic carbocycles. The number of hydrogen-bond acceptors (Lipinski definition) is 3. The van der Waals surface area contributed by atoms with Crippen LogP contribution in [-0.4, -0.2) is 29.2 Å². The Balaban J connectivity index is 3.34. The second-order valence-corrected chi connectivity index (χ2v) is 6.57. The van der Waals surface area contributed by atoms with Gasteiger partial charge in [0.05, 0.1) is 4.47 Å². The monoisotopic (exact) mass is 401 g/mol.